The van der Waals surface area contributed by atoms with Crippen LogP contribution in [0.25, 0.3) is 0 Å². The number of aromatic nitrogens is 2. The van der Waals surface area contributed by atoms with Crippen molar-refractivity contribution in [2.75, 3.05) is 11.4 Å². The number of hydrogen-bond acceptors (Lipinski definition) is 6. The third-order valence-corrected chi connectivity index (χ3v) is 5.30. The van der Waals surface area contributed by atoms with E-state index in [0.717, 1.165) is 24.6 Å². The van der Waals surface area contributed by atoms with Crippen LogP contribution in [0.15, 0.2) is 4.34 Å². The Balaban J connectivity index is 1.95. The first-order chi connectivity index (χ1) is 11.2. The Morgan fingerprint density at radius 2 is 2.08 bits per heavy atom. The van der Waals surface area contributed by atoms with Crippen LogP contribution in [0, 0.1) is 0 Å². The summed E-state index contributed by atoms with van der Waals surface area (Å²) in [6.45, 7) is 1.90. The molecule has 0 bridgehead atoms. The Bertz CT molecular complexity index is 604. The van der Waals surface area contributed by atoms with Crippen molar-refractivity contribution >= 4 is 40.0 Å². The van der Waals surface area contributed by atoms with E-state index >= 15 is 0 Å². The summed E-state index contributed by atoms with van der Waals surface area (Å²) in [5.41, 5.74) is 0. The lowest BCUT2D eigenvalue weighted by atomic mass is 10.4. The smallest absolute Gasteiger partial charge is 0.346 e. The van der Waals surface area contributed by atoms with Crippen molar-refractivity contribution in [1.82, 2.24) is 15.5 Å². The first kappa shape index (κ1) is 19.0. The molecule has 1 N–H and O–H groups in total. The zero-order valence-corrected chi connectivity index (χ0v) is 14.7. The normalized spacial score (nSPS) is 15.9. The lowest BCUT2D eigenvalue weighted by Crippen LogP contribution is -2.37. The molecule has 0 spiro atoms. The number of hydrogen-bond donors (Lipinski definition) is 1. The highest BCUT2D eigenvalue weighted by Crippen LogP contribution is 2.37. The number of carbonyl (C=O) groups excluding carboxylic acids is 2. The Hall–Kier alpha value is -1.36. The van der Waals surface area contributed by atoms with Crippen molar-refractivity contribution in [1.29, 1.82) is 0 Å². The van der Waals surface area contributed by atoms with Crippen LogP contribution in [0.4, 0.5) is 18.3 Å². The molecular formula is C13H17F3N4O2S2. The van der Waals surface area contributed by atoms with Crippen molar-refractivity contribution in [2.45, 2.75) is 54.9 Å². The molecule has 1 heterocycles. The summed E-state index contributed by atoms with van der Waals surface area (Å²) in [6, 6.07) is 0.149. The van der Waals surface area contributed by atoms with Gasteiger partial charge in [-0.1, -0.05) is 30.0 Å². The van der Waals surface area contributed by atoms with Gasteiger partial charge in [0.1, 0.15) is 6.54 Å². The van der Waals surface area contributed by atoms with Gasteiger partial charge >= 0.3 is 6.18 Å². The van der Waals surface area contributed by atoms with Crippen LogP contribution in [0.3, 0.4) is 0 Å². The summed E-state index contributed by atoms with van der Waals surface area (Å²) < 4.78 is 36.8. The molecule has 1 unspecified atom stereocenters. The molecule has 0 radical (unpaired) electrons. The van der Waals surface area contributed by atoms with E-state index < -0.39 is 23.9 Å². The minimum atomic E-state index is -4.44. The number of anilines is 1. The molecule has 0 aromatic carbocycles. The van der Waals surface area contributed by atoms with E-state index in [2.05, 4.69) is 10.2 Å². The Morgan fingerprint density at radius 1 is 1.42 bits per heavy atom. The maximum absolute atomic E-state index is 12.1. The zero-order chi connectivity index (χ0) is 17.9. The zero-order valence-electron chi connectivity index (χ0n) is 13.1. The lowest BCUT2D eigenvalue weighted by molar-refractivity contribution is -0.137. The molecule has 1 saturated carbocycles. The van der Waals surface area contributed by atoms with Crippen LogP contribution in [0.1, 0.15) is 33.1 Å². The molecule has 11 heteroatoms. The van der Waals surface area contributed by atoms with Gasteiger partial charge in [0.05, 0.1) is 5.25 Å². The summed E-state index contributed by atoms with van der Waals surface area (Å²) >= 11 is 2.19. The summed E-state index contributed by atoms with van der Waals surface area (Å²) in [5, 5.41) is 9.47. The summed E-state index contributed by atoms with van der Waals surface area (Å²) in [6.07, 6.45) is -2.25. The molecule has 1 aromatic heterocycles. The van der Waals surface area contributed by atoms with E-state index in [4.69, 9.17) is 0 Å². The fourth-order valence-electron chi connectivity index (χ4n) is 1.85. The number of thioether (sulfide) groups is 1. The van der Waals surface area contributed by atoms with Crippen molar-refractivity contribution in [3.63, 3.8) is 0 Å². The second kappa shape index (κ2) is 7.68. The molecule has 1 aliphatic rings. The molecule has 1 fully saturated rings. The predicted octanol–water partition coefficient (Wildman–Crippen LogP) is 2.60. The molecule has 134 valence electrons. The van der Waals surface area contributed by atoms with Crippen LogP contribution in [0.2, 0.25) is 0 Å². The molecular weight excluding hydrogens is 365 g/mol. The van der Waals surface area contributed by atoms with Crippen LogP contribution in [-0.4, -0.2) is 46.0 Å². The van der Waals surface area contributed by atoms with Gasteiger partial charge in [0, 0.05) is 12.5 Å². The number of nitrogens with zero attached hydrogens (tertiary/aromatic N) is 3. The van der Waals surface area contributed by atoms with Gasteiger partial charge in [-0.25, -0.2) is 0 Å². The average Bonchev–Trinajstić information content (AvgIpc) is 3.23. The Kier molecular flexibility index (Phi) is 6.07. The summed E-state index contributed by atoms with van der Waals surface area (Å²) in [4.78, 5) is 25.3. The molecule has 24 heavy (non-hydrogen) atoms. The van der Waals surface area contributed by atoms with Gasteiger partial charge in [0.2, 0.25) is 16.9 Å². The van der Waals surface area contributed by atoms with Gasteiger partial charge in [0.25, 0.3) is 0 Å². The Morgan fingerprint density at radius 3 is 2.62 bits per heavy atom. The monoisotopic (exact) mass is 382 g/mol. The molecule has 1 aromatic rings. The second-order valence-corrected chi connectivity index (χ2v) is 7.84. The number of halogens is 3. The maximum atomic E-state index is 12.1. The number of rotatable bonds is 7. The van der Waals surface area contributed by atoms with E-state index in [9.17, 15) is 22.8 Å². The number of alkyl halides is 3. The van der Waals surface area contributed by atoms with Gasteiger partial charge in [-0.2, -0.15) is 13.2 Å². The maximum Gasteiger partial charge on any atom is 0.405 e. The third-order valence-electron chi connectivity index (χ3n) is 3.19. The summed E-state index contributed by atoms with van der Waals surface area (Å²) in [5.74, 6) is -0.765. The summed E-state index contributed by atoms with van der Waals surface area (Å²) in [7, 11) is 0. The van der Waals surface area contributed by atoms with Gasteiger partial charge in [0.15, 0.2) is 4.34 Å². The molecule has 0 aliphatic heterocycles. The van der Waals surface area contributed by atoms with Crippen LogP contribution in [-0.2, 0) is 9.59 Å². The standard InChI is InChI=1S/C13H17F3N4O2S2/c1-3-9(21)20(8-4-5-8)11-18-19-12(24-11)23-7(2)10(22)17-6-13(14,15)16/h7-8H,3-6H2,1-2H3,(H,17,22). The minimum absolute atomic E-state index is 0.0406. The highest BCUT2D eigenvalue weighted by atomic mass is 32.2. The molecule has 6 nitrogen and oxygen atoms in total. The topological polar surface area (TPSA) is 75.2 Å². The van der Waals surface area contributed by atoms with E-state index in [1.54, 1.807) is 11.8 Å². The predicted molar refractivity (Wildman–Crippen MR) is 85.1 cm³/mol. The first-order valence-corrected chi connectivity index (χ1v) is 9.07. The fourth-order valence-corrected chi connectivity index (χ4v) is 3.95. The van der Waals surface area contributed by atoms with Crippen LogP contribution < -0.4 is 10.2 Å². The molecule has 0 saturated heterocycles. The van der Waals surface area contributed by atoms with Gasteiger partial charge < -0.3 is 5.32 Å². The van der Waals surface area contributed by atoms with Crippen molar-refractivity contribution in [2.24, 2.45) is 0 Å². The minimum Gasteiger partial charge on any atom is -0.346 e. The average molecular weight is 382 g/mol. The largest absolute Gasteiger partial charge is 0.405 e. The van der Waals surface area contributed by atoms with E-state index in [1.165, 1.54) is 18.3 Å². The fraction of sp³-hybridized carbons (Fsp3) is 0.692. The highest BCUT2D eigenvalue weighted by molar-refractivity contribution is 8.02. The molecule has 1 aliphatic carbocycles. The highest BCUT2D eigenvalue weighted by Gasteiger charge is 2.35. The quantitative estimate of drug-likeness (QED) is 0.580. The molecule has 2 rings (SSSR count). The SMILES string of the molecule is CCC(=O)N(c1nnc(SC(C)C(=O)NCC(F)(F)F)s1)C1CC1. The Labute approximate surface area is 145 Å². The van der Waals surface area contributed by atoms with E-state index in [0.29, 0.717) is 15.9 Å². The number of nitrogens with one attached hydrogen (secondary N) is 1. The number of carbonyl (C=O) groups is 2. The first-order valence-electron chi connectivity index (χ1n) is 7.38. The molecule has 2 amide bonds. The second-order valence-electron chi connectivity index (χ2n) is 5.29. The number of amides is 2. The van der Waals surface area contributed by atoms with Crippen molar-refractivity contribution in [3.8, 4) is 0 Å². The van der Waals surface area contributed by atoms with Crippen LogP contribution in [0.5, 0.6) is 0 Å². The van der Waals surface area contributed by atoms with Gasteiger partial charge in [-0.05, 0) is 19.8 Å². The van der Waals surface area contributed by atoms with Gasteiger partial charge in [-0.15, -0.1) is 10.2 Å². The third kappa shape index (κ3) is 5.33. The van der Waals surface area contributed by atoms with E-state index in [-0.39, 0.29) is 11.9 Å². The van der Waals surface area contributed by atoms with Crippen LogP contribution >= 0.6 is 23.1 Å². The van der Waals surface area contributed by atoms with Gasteiger partial charge in [-0.3, -0.25) is 14.5 Å². The lowest BCUT2D eigenvalue weighted by Gasteiger charge is -2.17. The van der Waals surface area contributed by atoms with Crippen molar-refractivity contribution < 1.29 is 22.8 Å². The van der Waals surface area contributed by atoms with E-state index in [1.807, 2.05) is 5.32 Å². The molecule has 1 atom stereocenters. The van der Waals surface area contributed by atoms with Crippen molar-refractivity contribution in [3.05, 3.63) is 0 Å².